The number of benzene rings is 1. The van der Waals surface area contributed by atoms with E-state index in [1.807, 2.05) is 38.1 Å². The molecule has 0 radical (unpaired) electrons. The van der Waals surface area contributed by atoms with E-state index in [-0.39, 0.29) is 31.3 Å². The molecule has 0 aliphatic carbocycles. The number of carbonyl (C=O) groups excluding carboxylic acids is 1. The van der Waals surface area contributed by atoms with Gasteiger partial charge in [0.25, 0.3) is 0 Å². The van der Waals surface area contributed by atoms with Gasteiger partial charge in [-0.05, 0) is 24.6 Å². The van der Waals surface area contributed by atoms with Gasteiger partial charge in [-0.15, -0.1) is 0 Å². The highest BCUT2D eigenvalue weighted by molar-refractivity contribution is 5.63. The molecule has 0 unspecified atom stereocenters. The molecule has 0 amide bonds. The van der Waals surface area contributed by atoms with E-state index in [1.165, 1.54) is 0 Å². The molecule has 0 aromatic heterocycles. The molecule has 8 nitrogen and oxygen atoms in total. The van der Waals surface area contributed by atoms with Crippen LogP contribution in [-0.2, 0) is 23.7 Å². The molecule has 0 bridgehead atoms. The number of aliphatic hydroxyl groups is 1. The summed E-state index contributed by atoms with van der Waals surface area (Å²) in [5, 5.41) is 9.78. The van der Waals surface area contributed by atoms with Gasteiger partial charge in [-0.1, -0.05) is 26.0 Å². The van der Waals surface area contributed by atoms with Crippen LogP contribution in [-0.4, -0.2) is 69.9 Å². The number of hydrogen-bond donors (Lipinski definition) is 1. The maximum absolute atomic E-state index is 11.7. The lowest BCUT2D eigenvalue weighted by Gasteiger charge is -2.36. The van der Waals surface area contributed by atoms with Crippen molar-refractivity contribution >= 4 is 6.16 Å². The fraction of sp³-hybridized carbons (Fsp3) is 0.667. The molecule has 1 aromatic carbocycles. The Bertz CT molecular complexity index is 634. The lowest BCUT2D eigenvalue weighted by molar-refractivity contribution is -0.139. The lowest BCUT2D eigenvalue weighted by atomic mass is 9.80. The van der Waals surface area contributed by atoms with Crippen LogP contribution in [0.25, 0.3) is 0 Å². The van der Waals surface area contributed by atoms with E-state index in [9.17, 15) is 9.90 Å². The second kappa shape index (κ2) is 10.8. The molecule has 164 valence electrons. The first-order chi connectivity index (χ1) is 13.9. The van der Waals surface area contributed by atoms with E-state index < -0.39 is 17.9 Å². The SMILES string of the molecule is COCCOCO[C@@H]([C@H](C)[C@H]1OC(=O)O[C@]1(C)CO)[C@@H](C)c1ccc(OC)cc1. The number of rotatable bonds is 12. The van der Waals surface area contributed by atoms with Crippen LogP contribution < -0.4 is 4.74 Å². The highest BCUT2D eigenvalue weighted by Gasteiger charge is 2.52. The Kier molecular flexibility index (Phi) is 8.70. The van der Waals surface area contributed by atoms with Crippen LogP contribution >= 0.6 is 0 Å². The van der Waals surface area contributed by atoms with Crippen LogP contribution in [0.15, 0.2) is 24.3 Å². The van der Waals surface area contributed by atoms with Gasteiger partial charge in [0.1, 0.15) is 12.5 Å². The second-order valence-electron chi connectivity index (χ2n) is 7.43. The quantitative estimate of drug-likeness (QED) is 0.318. The number of aliphatic hydroxyl groups excluding tert-OH is 1. The molecule has 1 saturated heterocycles. The Morgan fingerprint density at radius 3 is 2.45 bits per heavy atom. The Labute approximate surface area is 172 Å². The third-order valence-electron chi connectivity index (χ3n) is 5.36. The van der Waals surface area contributed by atoms with Crippen molar-refractivity contribution in [2.24, 2.45) is 5.92 Å². The van der Waals surface area contributed by atoms with Crippen molar-refractivity contribution in [2.75, 3.05) is 40.8 Å². The zero-order valence-corrected chi connectivity index (χ0v) is 17.8. The first-order valence-corrected chi connectivity index (χ1v) is 9.69. The summed E-state index contributed by atoms with van der Waals surface area (Å²) in [6.07, 6.45) is -1.81. The summed E-state index contributed by atoms with van der Waals surface area (Å²) in [7, 11) is 3.22. The molecule has 0 saturated carbocycles. The van der Waals surface area contributed by atoms with E-state index in [0.29, 0.717) is 13.2 Å². The zero-order valence-electron chi connectivity index (χ0n) is 17.8. The standard InChI is InChI=1S/C21H32O8/c1-14(16-6-8-17(25-5)9-7-16)18(27-13-26-11-10-24-4)15(2)19-21(3,12-22)29-20(23)28-19/h6-9,14-15,18-19,22H,10-13H2,1-5H3/t14-,15-,18+,19+,21+/m0/s1. The van der Waals surface area contributed by atoms with Gasteiger partial charge in [0, 0.05) is 18.9 Å². The van der Waals surface area contributed by atoms with Gasteiger partial charge in [0.2, 0.25) is 0 Å². The summed E-state index contributed by atoms with van der Waals surface area (Å²) >= 11 is 0. The molecule has 2 rings (SSSR count). The monoisotopic (exact) mass is 412 g/mol. The molecule has 1 aromatic rings. The highest BCUT2D eigenvalue weighted by Crippen LogP contribution is 2.38. The number of hydrogen-bond acceptors (Lipinski definition) is 8. The largest absolute Gasteiger partial charge is 0.509 e. The summed E-state index contributed by atoms with van der Waals surface area (Å²) in [5.41, 5.74) is -0.0928. The smallest absolute Gasteiger partial charge is 0.497 e. The average molecular weight is 412 g/mol. The van der Waals surface area contributed by atoms with Crippen LogP contribution in [0, 0.1) is 5.92 Å². The molecule has 1 fully saturated rings. The Hall–Kier alpha value is -1.87. The summed E-state index contributed by atoms with van der Waals surface area (Å²) < 4.78 is 32.4. The van der Waals surface area contributed by atoms with E-state index in [1.54, 1.807) is 21.1 Å². The van der Waals surface area contributed by atoms with Gasteiger partial charge in [0.05, 0.1) is 33.0 Å². The highest BCUT2D eigenvalue weighted by atomic mass is 16.8. The molecule has 1 N–H and O–H groups in total. The summed E-state index contributed by atoms with van der Waals surface area (Å²) in [6, 6.07) is 7.72. The van der Waals surface area contributed by atoms with Crippen LogP contribution in [0.4, 0.5) is 4.79 Å². The lowest BCUT2D eigenvalue weighted by Crippen LogP contribution is -2.48. The predicted molar refractivity (Wildman–Crippen MR) is 105 cm³/mol. The van der Waals surface area contributed by atoms with E-state index in [4.69, 9.17) is 28.4 Å². The van der Waals surface area contributed by atoms with Crippen LogP contribution in [0.5, 0.6) is 5.75 Å². The topological polar surface area (TPSA) is 92.7 Å². The molecule has 29 heavy (non-hydrogen) atoms. The van der Waals surface area contributed by atoms with Gasteiger partial charge >= 0.3 is 6.16 Å². The first-order valence-electron chi connectivity index (χ1n) is 9.69. The summed E-state index contributed by atoms with van der Waals surface area (Å²) in [4.78, 5) is 11.7. The molecule has 1 heterocycles. The van der Waals surface area contributed by atoms with E-state index >= 15 is 0 Å². The maximum Gasteiger partial charge on any atom is 0.509 e. The van der Waals surface area contributed by atoms with Crippen molar-refractivity contribution in [1.29, 1.82) is 0 Å². The van der Waals surface area contributed by atoms with Crippen molar-refractivity contribution in [1.82, 2.24) is 0 Å². The minimum absolute atomic E-state index is 0.0517. The van der Waals surface area contributed by atoms with Crippen molar-refractivity contribution in [3.8, 4) is 5.75 Å². The van der Waals surface area contributed by atoms with E-state index in [0.717, 1.165) is 11.3 Å². The van der Waals surface area contributed by atoms with Crippen LogP contribution in [0.1, 0.15) is 32.3 Å². The normalized spacial score (nSPS) is 24.5. The Morgan fingerprint density at radius 2 is 1.86 bits per heavy atom. The number of methoxy groups -OCH3 is 2. The van der Waals surface area contributed by atoms with Gasteiger partial charge in [-0.2, -0.15) is 0 Å². The number of cyclic esters (lactones) is 2. The van der Waals surface area contributed by atoms with Crippen LogP contribution in [0.2, 0.25) is 0 Å². The summed E-state index contributed by atoms with van der Waals surface area (Å²) in [6.45, 7) is 6.20. The van der Waals surface area contributed by atoms with Gasteiger partial charge in [-0.3, -0.25) is 0 Å². The average Bonchev–Trinajstić information content (AvgIpc) is 3.04. The second-order valence-corrected chi connectivity index (χ2v) is 7.43. The van der Waals surface area contributed by atoms with Crippen molar-refractivity contribution in [3.05, 3.63) is 29.8 Å². The molecular formula is C21H32O8. The summed E-state index contributed by atoms with van der Waals surface area (Å²) in [5.74, 6) is 0.436. The fourth-order valence-corrected chi connectivity index (χ4v) is 3.64. The molecule has 1 aliphatic heterocycles. The van der Waals surface area contributed by atoms with Gasteiger partial charge < -0.3 is 33.5 Å². The maximum atomic E-state index is 11.7. The van der Waals surface area contributed by atoms with Gasteiger partial charge in [0.15, 0.2) is 11.7 Å². The number of carbonyl (C=O) groups is 1. The Balaban J connectivity index is 2.19. The van der Waals surface area contributed by atoms with Crippen LogP contribution in [0.3, 0.4) is 0 Å². The first kappa shape index (κ1) is 23.4. The van der Waals surface area contributed by atoms with E-state index in [2.05, 4.69) is 0 Å². The minimum atomic E-state index is -1.13. The molecular weight excluding hydrogens is 380 g/mol. The van der Waals surface area contributed by atoms with Crippen molar-refractivity contribution < 1.29 is 38.3 Å². The van der Waals surface area contributed by atoms with Crippen molar-refractivity contribution in [2.45, 2.75) is 44.5 Å². The predicted octanol–water partition coefficient (Wildman–Crippen LogP) is 2.73. The third-order valence-corrected chi connectivity index (χ3v) is 5.36. The Morgan fingerprint density at radius 1 is 1.17 bits per heavy atom. The minimum Gasteiger partial charge on any atom is -0.497 e. The number of ether oxygens (including phenoxy) is 6. The molecule has 5 atom stereocenters. The third kappa shape index (κ3) is 5.82. The molecule has 1 aliphatic rings. The van der Waals surface area contributed by atoms with Crippen molar-refractivity contribution in [3.63, 3.8) is 0 Å². The molecule has 8 heteroatoms. The van der Waals surface area contributed by atoms with Gasteiger partial charge in [-0.25, -0.2) is 4.79 Å². The zero-order chi connectivity index (χ0) is 21.4. The molecule has 0 spiro atoms. The fourth-order valence-electron chi connectivity index (χ4n) is 3.64.